The highest BCUT2D eigenvalue weighted by Gasteiger charge is 2.32. The third-order valence-corrected chi connectivity index (χ3v) is 3.90. The first-order chi connectivity index (χ1) is 11.8. The second-order valence-corrected chi connectivity index (χ2v) is 6.31. The number of carbonyl (C=O) groups is 1. The van der Waals surface area contributed by atoms with E-state index in [1.54, 1.807) is 32.1 Å². The normalized spacial score (nSPS) is 15.0. The number of aromatic hydroxyl groups is 3. The summed E-state index contributed by atoms with van der Waals surface area (Å²) in [5.74, 6) is -2.38. The second kappa shape index (κ2) is 6.02. The minimum absolute atomic E-state index is 0.0499. The molecule has 1 aliphatic rings. The maximum atomic E-state index is 12.4. The number of allylic oxidation sites excluding steroid dienone is 1. The largest absolute Gasteiger partial charge is 0.506 e. The summed E-state index contributed by atoms with van der Waals surface area (Å²) in [5, 5.41) is 30.8. The van der Waals surface area contributed by atoms with Crippen LogP contribution >= 0.6 is 0 Å². The smallest absolute Gasteiger partial charge is 0.202 e. The average Bonchev–Trinajstić information content (AvgIpc) is 2.58. The van der Waals surface area contributed by atoms with Crippen LogP contribution in [0.15, 0.2) is 42.5 Å². The molecule has 0 bridgehead atoms. The summed E-state index contributed by atoms with van der Waals surface area (Å²) in [4.78, 5) is 12.4. The lowest BCUT2D eigenvalue weighted by atomic mass is 9.96. The molecule has 3 rings (SSSR count). The first kappa shape index (κ1) is 16.6. The maximum Gasteiger partial charge on any atom is 0.202 e. The van der Waals surface area contributed by atoms with Crippen LogP contribution in [0, 0.1) is 0 Å². The third-order valence-electron chi connectivity index (χ3n) is 3.90. The topological polar surface area (TPSA) is 87.0 Å². The van der Waals surface area contributed by atoms with Crippen LogP contribution in [0.3, 0.4) is 0 Å². The predicted octanol–water partition coefficient (Wildman–Crippen LogP) is 3.88. The van der Waals surface area contributed by atoms with Crippen molar-refractivity contribution in [3.05, 3.63) is 59.2 Å². The van der Waals surface area contributed by atoms with E-state index in [0.29, 0.717) is 0 Å². The lowest BCUT2D eigenvalue weighted by molar-refractivity contribution is 0.104. The van der Waals surface area contributed by atoms with E-state index in [2.05, 4.69) is 0 Å². The summed E-state index contributed by atoms with van der Waals surface area (Å²) >= 11 is 0. The van der Waals surface area contributed by atoms with Crippen LogP contribution in [0.5, 0.6) is 23.0 Å². The zero-order chi connectivity index (χ0) is 18.2. The van der Waals surface area contributed by atoms with Crippen molar-refractivity contribution in [1.82, 2.24) is 0 Å². The van der Waals surface area contributed by atoms with Gasteiger partial charge in [0.15, 0.2) is 17.3 Å². The van der Waals surface area contributed by atoms with Gasteiger partial charge in [-0.15, -0.1) is 0 Å². The van der Waals surface area contributed by atoms with E-state index in [4.69, 9.17) is 4.74 Å². The summed E-state index contributed by atoms with van der Waals surface area (Å²) in [5.41, 5.74) is -0.119. The van der Waals surface area contributed by atoms with Crippen LogP contribution in [0.4, 0.5) is 0 Å². The molecule has 0 saturated heterocycles. The lowest BCUT2D eigenvalue weighted by Gasteiger charge is -2.29. The first-order valence-corrected chi connectivity index (χ1v) is 7.77. The fourth-order valence-corrected chi connectivity index (χ4v) is 2.60. The van der Waals surface area contributed by atoms with Gasteiger partial charge in [-0.2, -0.15) is 0 Å². The number of benzene rings is 2. The van der Waals surface area contributed by atoms with Crippen LogP contribution in [0.2, 0.25) is 0 Å². The number of rotatable bonds is 3. The number of phenolic OH excluding ortho intramolecular Hbond substituents is 3. The zero-order valence-corrected chi connectivity index (χ0v) is 13.9. The van der Waals surface area contributed by atoms with Crippen LogP contribution in [0.25, 0.3) is 12.2 Å². The highest BCUT2D eigenvalue weighted by atomic mass is 16.5. The molecular formula is C20H18O5. The van der Waals surface area contributed by atoms with Gasteiger partial charge in [-0.1, -0.05) is 36.4 Å². The van der Waals surface area contributed by atoms with Gasteiger partial charge in [-0.25, -0.2) is 0 Å². The Morgan fingerprint density at radius 3 is 2.40 bits per heavy atom. The molecule has 5 nitrogen and oxygen atoms in total. The fraction of sp³-hybridized carbons (Fsp3) is 0.150. The van der Waals surface area contributed by atoms with Gasteiger partial charge in [-0.3, -0.25) is 4.79 Å². The minimum atomic E-state index is -0.706. The van der Waals surface area contributed by atoms with Crippen LogP contribution in [-0.2, 0) is 0 Å². The molecule has 0 atom stereocenters. The van der Waals surface area contributed by atoms with E-state index >= 15 is 0 Å². The van der Waals surface area contributed by atoms with Crippen molar-refractivity contribution >= 4 is 17.9 Å². The van der Waals surface area contributed by atoms with Gasteiger partial charge in [0.05, 0.1) is 5.56 Å². The predicted molar refractivity (Wildman–Crippen MR) is 95.0 cm³/mol. The third kappa shape index (κ3) is 3.08. The molecule has 25 heavy (non-hydrogen) atoms. The Balaban J connectivity index is 2.05. The van der Waals surface area contributed by atoms with E-state index < -0.39 is 28.6 Å². The molecule has 1 heterocycles. The van der Waals surface area contributed by atoms with Gasteiger partial charge >= 0.3 is 0 Å². The van der Waals surface area contributed by atoms with Crippen molar-refractivity contribution in [2.75, 3.05) is 0 Å². The zero-order valence-electron chi connectivity index (χ0n) is 13.9. The highest BCUT2D eigenvalue weighted by Crippen LogP contribution is 2.50. The van der Waals surface area contributed by atoms with Gasteiger partial charge in [0.1, 0.15) is 16.9 Å². The van der Waals surface area contributed by atoms with Crippen LogP contribution < -0.4 is 4.74 Å². The van der Waals surface area contributed by atoms with Crippen molar-refractivity contribution in [1.29, 1.82) is 0 Å². The molecule has 5 heteroatoms. The molecule has 1 aliphatic heterocycles. The molecule has 2 aromatic rings. The van der Waals surface area contributed by atoms with Gasteiger partial charge in [0.25, 0.3) is 0 Å². The molecule has 128 valence electrons. The maximum absolute atomic E-state index is 12.4. The number of ether oxygens (including phenoxy) is 1. The standard InChI is InChI=1S/C20H18O5/c1-20(2)11-10-13-16(22)15(17(23)18(24)19(13)25-20)14(21)9-8-12-6-4-3-5-7-12/h3-11,22-24H,1-2H3/b9-8+. The Labute approximate surface area is 145 Å². The molecule has 3 N–H and O–H groups in total. The number of hydrogen-bond donors (Lipinski definition) is 3. The molecule has 0 aliphatic carbocycles. The van der Waals surface area contributed by atoms with E-state index in [9.17, 15) is 20.1 Å². The monoisotopic (exact) mass is 338 g/mol. The molecule has 0 radical (unpaired) electrons. The first-order valence-electron chi connectivity index (χ1n) is 7.77. The number of hydrogen-bond acceptors (Lipinski definition) is 5. The molecule has 0 unspecified atom stereocenters. The Morgan fingerprint density at radius 2 is 1.72 bits per heavy atom. The Morgan fingerprint density at radius 1 is 1.04 bits per heavy atom. The van der Waals surface area contributed by atoms with Crippen molar-refractivity contribution in [2.24, 2.45) is 0 Å². The summed E-state index contributed by atoms with van der Waals surface area (Å²) in [7, 11) is 0. The fourth-order valence-electron chi connectivity index (χ4n) is 2.60. The molecule has 0 fully saturated rings. The summed E-state index contributed by atoms with van der Waals surface area (Å²) in [6, 6.07) is 9.13. The van der Waals surface area contributed by atoms with E-state index in [-0.39, 0.29) is 16.9 Å². The molecule has 0 aromatic heterocycles. The average molecular weight is 338 g/mol. The summed E-state index contributed by atoms with van der Waals surface area (Å²) in [6.45, 7) is 3.53. The molecule has 0 saturated carbocycles. The molecular weight excluding hydrogens is 320 g/mol. The Hall–Kier alpha value is -3.21. The van der Waals surface area contributed by atoms with Crippen molar-refractivity contribution in [3.8, 4) is 23.0 Å². The second-order valence-electron chi connectivity index (χ2n) is 6.31. The van der Waals surface area contributed by atoms with E-state index in [0.717, 1.165) is 5.56 Å². The number of carbonyl (C=O) groups excluding carboxylic acids is 1. The van der Waals surface area contributed by atoms with Crippen molar-refractivity contribution < 1.29 is 24.9 Å². The van der Waals surface area contributed by atoms with Crippen molar-refractivity contribution in [3.63, 3.8) is 0 Å². The van der Waals surface area contributed by atoms with E-state index in [1.807, 2.05) is 30.3 Å². The quantitative estimate of drug-likeness (QED) is 0.342. The highest BCUT2D eigenvalue weighted by molar-refractivity contribution is 6.12. The number of phenols is 3. The van der Waals surface area contributed by atoms with Gasteiger partial charge in [0.2, 0.25) is 5.75 Å². The summed E-state index contributed by atoms with van der Waals surface area (Å²) < 4.78 is 5.59. The van der Waals surface area contributed by atoms with Crippen molar-refractivity contribution in [2.45, 2.75) is 19.4 Å². The van der Waals surface area contributed by atoms with Gasteiger partial charge in [-0.05, 0) is 37.6 Å². The van der Waals surface area contributed by atoms with Gasteiger partial charge < -0.3 is 20.1 Å². The minimum Gasteiger partial charge on any atom is -0.506 e. The Bertz CT molecular complexity index is 892. The summed E-state index contributed by atoms with van der Waals surface area (Å²) in [6.07, 6.45) is 6.05. The molecule has 0 spiro atoms. The number of ketones is 1. The van der Waals surface area contributed by atoms with Crippen LogP contribution in [-0.4, -0.2) is 26.7 Å². The van der Waals surface area contributed by atoms with Gasteiger partial charge in [0, 0.05) is 0 Å². The van der Waals surface area contributed by atoms with E-state index in [1.165, 1.54) is 6.08 Å². The number of fused-ring (bicyclic) bond motifs is 1. The molecule has 0 amide bonds. The lowest BCUT2D eigenvalue weighted by Crippen LogP contribution is -2.27. The SMILES string of the molecule is CC1(C)C=Cc2c(O)c(C(=O)/C=C/c3ccccc3)c(O)c(O)c2O1. The molecule has 2 aromatic carbocycles. The Kier molecular flexibility index (Phi) is 4.00. The van der Waals surface area contributed by atoms with Crippen LogP contribution in [0.1, 0.15) is 35.3 Å².